The zero-order valence-electron chi connectivity index (χ0n) is 33.9. The van der Waals surface area contributed by atoms with E-state index in [1.54, 1.807) is 0 Å². The summed E-state index contributed by atoms with van der Waals surface area (Å²) >= 11 is 0. The lowest BCUT2D eigenvalue weighted by atomic mass is 9.84. The van der Waals surface area contributed by atoms with Crippen molar-refractivity contribution >= 4 is 54.5 Å². The number of benzene rings is 9. The Hall–Kier alpha value is -7.16. The van der Waals surface area contributed by atoms with Crippen LogP contribution in [0.2, 0.25) is 0 Å². The predicted octanol–water partition coefficient (Wildman–Crippen LogP) is 15.0. The second kappa shape index (κ2) is 12.2. The Labute approximate surface area is 319 Å². The van der Waals surface area contributed by atoms with Gasteiger partial charge in [-0.2, -0.15) is 0 Å². The van der Waals surface area contributed by atoms with Gasteiger partial charge in [0.2, 0.25) is 0 Å². The van der Waals surface area contributed by atoms with Crippen molar-refractivity contribution in [1.82, 2.24) is 0 Å². The summed E-state index contributed by atoms with van der Waals surface area (Å²) in [5, 5.41) is 7.13. The van der Waals surface area contributed by atoms with Crippen molar-refractivity contribution in [2.45, 2.75) is 0 Å². The van der Waals surface area contributed by atoms with Crippen LogP contribution < -0.4 is 0 Å². The van der Waals surface area contributed by atoms with Crippen LogP contribution in [0.4, 0.5) is 0 Å². The van der Waals surface area contributed by atoms with Gasteiger partial charge < -0.3 is 8.83 Å². The molecule has 2 heterocycles. The number of hydrogen-bond acceptors (Lipinski definition) is 2. The molecule has 0 amide bonds. The van der Waals surface area contributed by atoms with Crippen molar-refractivity contribution in [1.29, 1.82) is 0 Å². The van der Waals surface area contributed by atoms with Crippen molar-refractivity contribution in [2.24, 2.45) is 0 Å². The Morgan fingerprint density at radius 1 is 0.296 bits per heavy atom. The molecule has 0 atom stereocenters. The van der Waals surface area contributed by atoms with Crippen LogP contribution in [0.25, 0.3) is 110 Å². The van der Waals surface area contributed by atoms with Gasteiger partial charge in [-0.15, -0.1) is 0 Å². The van der Waals surface area contributed by atoms with E-state index < -0.39 is 6.04 Å². The van der Waals surface area contributed by atoms with Crippen LogP contribution in [-0.2, 0) is 0 Å². The average molecular weight is 694 g/mol. The minimum absolute atomic E-state index is 0.176. The van der Waals surface area contributed by atoms with E-state index in [9.17, 15) is 0 Å². The van der Waals surface area contributed by atoms with Crippen LogP contribution in [-0.4, -0.2) is 0 Å². The fraction of sp³-hybridized carbons (Fsp3) is 0. The molecule has 11 aromatic rings. The lowest BCUT2D eigenvalue weighted by Crippen LogP contribution is -1.92. The van der Waals surface area contributed by atoms with Crippen molar-refractivity contribution in [2.75, 3.05) is 0 Å². The third-order valence-electron chi connectivity index (χ3n) is 10.6. The summed E-state index contributed by atoms with van der Waals surface area (Å²) in [7, 11) is 0. The molecule has 0 spiro atoms. The molecule has 0 fully saturated rings. The number of rotatable bonds is 5. The molecule has 2 aromatic heterocycles. The summed E-state index contributed by atoms with van der Waals surface area (Å²) in [6.45, 7) is 0. The molecule has 0 aliphatic carbocycles. The Bertz CT molecular complexity index is 3460. The van der Waals surface area contributed by atoms with Gasteiger partial charge in [-0.25, -0.2) is 0 Å². The third-order valence-corrected chi connectivity index (χ3v) is 10.6. The molecule has 9 aromatic carbocycles. The summed E-state index contributed by atoms with van der Waals surface area (Å²) in [5.74, 6) is 0.775. The summed E-state index contributed by atoms with van der Waals surface area (Å²) in [5.41, 5.74) is 10.2. The van der Waals surface area contributed by atoms with Gasteiger partial charge in [0.1, 0.15) is 22.5 Å². The number of furan rings is 2. The molecule has 0 aliphatic heterocycles. The highest BCUT2D eigenvalue weighted by Gasteiger charge is 2.21. The first-order valence-electron chi connectivity index (χ1n) is 20.5. The topological polar surface area (TPSA) is 26.3 Å². The van der Waals surface area contributed by atoms with Gasteiger partial charge in [-0.1, -0.05) is 158 Å². The van der Waals surface area contributed by atoms with E-state index in [1.165, 1.54) is 0 Å². The van der Waals surface area contributed by atoms with Crippen LogP contribution in [0.3, 0.4) is 0 Å². The van der Waals surface area contributed by atoms with Crippen LogP contribution in [0.15, 0.2) is 203 Å². The molecule has 0 unspecified atom stereocenters. The van der Waals surface area contributed by atoms with E-state index in [2.05, 4.69) is 78.9 Å². The Kier molecular flexibility index (Phi) is 5.83. The zero-order chi connectivity index (χ0) is 39.9. The van der Waals surface area contributed by atoms with E-state index in [0.717, 1.165) is 99.2 Å². The Morgan fingerprint density at radius 3 is 1.54 bits per heavy atom. The number of para-hydroxylation sites is 2. The molecule has 0 saturated heterocycles. The molecule has 252 valence electrons. The minimum Gasteiger partial charge on any atom is -0.456 e. The maximum atomic E-state index is 8.82. The lowest BCUT2D eigenvalue weighted by Gasteiger charge is -2.19. The van der Waals surface area contributed by atoms with Crippen LogP contribution >= 0.6 is 0 Å². The van der Waals surface area contributed by atoms with Crippen LogP contribution in [0.1, 0.15) is 6.85 Å². The zero-order valence-corrected chi connectivity index (χ0v) is 28.9. The monoisotopic (exact) mass is 693 g/mol. The fourth-order valence-corrected chi connectivity index (χ4v) is 8.16. The SMILES string of the molecule is [2H]c1c([2H])c([2H])c(-c2ccc3c(-c4ccccc4)c4ccccc4c(-c4ccc(-c5c(-c6ccc7oc8ccccc8c7c6)oc6ccccc56)cc4)c3c2)c([2H])c1[2H]. The normalized spacial score (nSPS) is 13.0. The molecule has 0 bridgehead atoms. The first-order chi connectivity index (χ1) is 28.9. The van der Waals surface area contributed by atoms with E-state index in [-0.39, 0.29) is 29.7 Å². The van der Waals surface area contributed by atoms with E-state index in [4.69, 9.17) is 15.7 Å². The van der Waals surface area contributed by atoms with Crippen LogP contribution in [0, 0.1) is 0 Å². The molecule has 2 nitrogen and oxygen atoms in total. The van der Waals surface area contributed by atoms with Gasteiger partial charge in [0.25, 0.3) is 0 Å². The van der Waals surface area contributed by atoms with Crippen LogP contribution in [0.5, 0.6) is 0 Å². The predicted molar refractivity (Wildman–Crippen MR) is 226 cm³/mol. The maximum Gasteiger partial charge on any atom is 0.143 e. The second-order valence-electron chi connectivity index (χ2n) is 13.6. The highest BCUT2D eigenvalue weighted by atomic mass is 16.3. The van der Waals surface area contributed by atoms with Crippen molar-refractivity contribution < 1.29 is 15.7 Å². The standard InChI is InChI=1S/C52H32O2/c1-3-13-33(14-4-1)37-27-29-42-45(31-37)50(41-19-8-7-18-40(41)49(42)34-15-5-2-6-16-34)35-23-25-36(26-24-35)51-43-20-10-12-22-47(43)54-52(51)38-28-30-48-44(32-38)39-17-9-11-21-46(39)53-48/h1-32H/i1D,3D,4D,13D,14D. The van der Waals surface area contributed by atoms with Gasteiger partial charge in [-0.3, -0.25) is 0 Å². The summed E-state index contributed by atoms with van der Waals surface area (Å²) in [6.07, 6.45) is 0. The molecular formula is C52H32O2. The van der Waals surface area contributed by atoms with Crippen molar-refractivity contribution in [3.05, 3.63) is 194 Å². The van der Waals surface area contributed by atoms with Crippen molar-refractivity contribution in [3.63, 3.8) is 0 Å². The van der Waals surface area contributed by atoms with E-state index >= 15 is 0 Å². The summed E-state index contributed by atoms with van der Waals surface area (Å²) in [4.78, 5) is 0. The minimum atomic E-state index is -0.410. The number of fused-ring (bicyclic) bond motifs is 6. The van der Waals surface area contributed by atoms with E-state index in [0.29, 0.717) is 5.56 Å². The molecule has 0 aliphatic rings. The molecule has 0 N–H and O–H groups in total. The third kappa shape index (κ3) is 4.81. The van der Waals surface area contributed by atoms with Gasteiger partial charge in [0.05, 0.1) is 6.85 Å². The summed E-state index contributed by atoms with van der Waals surface area (Å²) in [6, 6.07) is 54.0. The summed E-state index contributed by atoms with van der Waals surface area (Å²) < 4.78 is 55.5. The van der Waals surface area contributed by atoms with Gasteiger partial charge >= 0.3 is 0 Å². The molecule has 0 saturated carbocycles. The number of hydrogen-bond donors (Lipinski definition) is 0. The first-order valence-corrected chi connectivity index (χ1v) is 18.0. The smallest absolute Gasteiger partial charge is 0.143 e. The average Bonchev–Trinajstić information content (AvgIpc) is 3.86. The largest absolute Gasteiger partial charge is 0.456 e. The Balaban J connectivity index is 1.14. The van der Waals surface area contributed by atoms with E-state index in [1.807, 2.05) is 84.9 Å². The molecule has 11 rings (SSSR count). The van der Waals surface area contributed by atoms with Gasteiger partial charge in [-0.05, 0) is 96.9 Å². The van der Waals surface area contributed by atoms with Gasteiger partial charge in [0, 0.05) is 27.3 Å². The maximum absolute atomic E-state index is 8.82. The van der Waals surface area contributed by atoms with Crippen molar-refractivity contribution in [3.8, 4) is 55.8 Å². The fourth-order valence-electron chi connectivity index (χ4n) is 8.16. The quantitative estimate of drug-likeness (QED) is 0.168. The van der Waals surface area contributed by atoms with Gasteiger partial charge in [0.15, 0.2) is 0 Å². The first kappa shape index (κ1) is 25.7. The molecule has 54 heavy (non-hydrogen) atoms. The molecular weight excluding hydrogens is 657 g/mol. The second-order valence-corrected chi connectivity index (χ2v) is 13.6. The highest BCUT2D eigenvalue weighted by Crippen LogP contribution is 2.47. The highest BCUT2D eigenvalue weighted by molar-refractivity contribution is 6.22. The molecule has 0 radical (unpaired) electrons. The molecule has 2 heteroatoms. The lowest BCUT2D eigenvalue weighted by molar-refractivity contribution is 0.632. The Morgan fingerprint density at radius 2 is 0.796 bits per heavy atom.